The Bertz CT molecular complexity index is 614. The minimum Gasteiger partial charge on any atom is -0.493 e. The maximum atomic E-state index is 6.03. The highest BCUT2D eigenvalue weighted by atomic mass is 16.5. The fraction of sp³-hybridized carbons (Fsp3) is 0.429. The van der Waals surface area contributed by atoms with E-state index in [-0.39, 0.29) is 0 Å². The molecule has 2 aromatic carbocycles. The van der Waals surface area contributed by atoms with E-state index in [0.717, 1.165) is 49.2 Å². The second-order valence-electron chi connectivity index (χ2n) is 6.48. The van der Waals surface area contributed by atoms with Gasteiger partial charge in [-0.2, -0.15) is 0 Å². The van der Waals surface area contributed by atoms with E-state index in [2.05, 4.69) is 35.3 Å². The van der Waals surface area contributed by atoms with Crippen molar-refractivity contribution in [1.29, 1.82) is 0 Å². The molecule has 2 aromatic rings. The average Bonchev–Trinajstić information content (AvgIpc) is 3.03. The number of hydrogen-bond acceptors (Lipinski definition) is 3. The molecule has 1 unspecified atom stereocenters. The van der Waals surface area contributed by atoms with Crippen LogP contribution >= 0.6 is 0 Å². The first-order chi connectivity index (χ1) is 11.8. The van der Waals surface area contributed by atoms with Crippen molar-refractivity contribution in [2.75, 3.05) is 25.0 Å². The Hall–Kier alpha value is -2.00. The highest BCUT2D eigenvalue weighted by Crippen LogP contribution is 2.20. The van der Waals surface area contributed by atoms with Crippen molar-refractivity contribution in [1.82, 2.24) is 4.90 Å². The lowest BCUT2D eigenvalue weighted by Gasteiger charge is -2.21. The van der Waals surface area contributed by atoms with Gasteiger partial charge in [-0.1, -0.05) is 24.3 Å². The van der Waals surface area contributed by atoms with Crippen molar-refractivity contribution in [3.05, 3.63) is 60.2 Å². The molecule has 1 saturated heterocycles. The summed E-state index contributed by atoms with van der Waals surface area (Å²) >= 11 is 0. The van der Waals surface area contributed by atoms with Crippen LogP contribution < -0.4 is 10.1 Å². The number of anilines is 1. The van der Waals surface area contributed by atoms with Gasteiger partial charge in [-0.25, -0.2) is 0 Å². The molecule has 0 spiro atoms. The Morgan fingerprint density at radius 3 is 2.92 bits per heavy atom. The van der Waals surface area contributed by atoms with Crippen LogP contribution in [0.15, 0.2) is 48.5 Å². The van der Waals surface area contributed by atoms with E-state index in [1.807, 2.05) is 36.4 Å². The SMILES string of the molecule is CC1CCCN1CCCOc1cc[c]cc1CNc1ccccc1. The molecule has 0 aliphatic carbocycles. The van der Waals surface area contributed by atoms with Crippen LogP contribution in [0.4, 0.5) is 5.69 Å². The molecular weight excluding hydrogens is 296 g/mol. The zero-order chi connectivity index (χ0) is 16.6. The Morgan fingerprint density at radius 2 is 2.12 bits per heavy atom. The predicted molar refractivity (Wildman–Crippen MR) is 99.4 cm³/mol. The van der Waals surface area contributed by atoms with Crippen molar-refractivity contribution >= 4 is 5.69 Å². The largest absolute Gasteiger partial charge is 0.493 e. The highest BCUT2D eigenvalue weighted by Gasteiger charge is 2.19. The molecule has 3 rings (SSSR count). The number of rotatable bonds is 8. The monoisotopic (exact) mass is 323 g/mol. The molecule has 1 heterocycles. The van der Waals surface area contributed by atoms with Crippen LogP contribution in [-0.2, 0) is 6.54 Å². The quantitative estimate of drug-likeness (QED) is 0.731. The molecule has 3 heteroatoms. The van der Waals surface area contributed by atoms with E-state index < -0.39 is 0 Å². The van der Waals surface area contributed by atoms with Gasteiger partial charge in [0.25, 0.3) is 0 Å². The first-order valence-corrected chi connectivity index (χ1v) is 8.97. The van der Waals surface area contributed by atoms with Gasteiger partial charge in [-0.3, -0.25) is 0 Å². The number of benzene rings is 2. The molecule has 1 atom stereocenters. The van der Waals surface area contributed by atoms with Gasteiger partial charge in [0, 0.05) is 30.4 Å². The molecule has 3 nitrogen and oxygen atoms in total. The maximum absolute atomic E-state index is 6.03. The minimum atomic E-state index is 0.738. The van der Waals surface area contributed by atoms with Crippen LogP contribution in [-0.4, -0.2) is 30.6 Å². The molecule has 0 amide bonds. The van der Waals surface area contributed by atoms with E-state index in [1.165, 1.54) is 19.4 Å². The normalized spacial score (nSPS) is 17.8. The number of likely N-dealkylation sites (tertiary alicyclic amines) is 1. The van der Waals surface area contributed by atoms with Crippen LogP contribution in [0.2, 0.25) is 0 Å². The van der Waals surface area contributed by atoms with Crippen molar-refractivity contribution in [2.24, 2.45) is 0 Å². The average molecular weight is 323 g/mol. The lowest BCUT2D eigenvalue weighted by molar-refractivity contribution is 0.229. The number of nitrogens with one attached hydrogen (secondary N) is 1. The zero-order valence-electron chi connectivity index (χ0n) is 14.5. The minimum absolute atomic E-state index is 0.738. The van der Waals surface area contributed by atoms with Gasteiger partial charge in [0.05, 0.1) is 6.61 Å². The summed E-state index contributed by atoms with van der Waals surface area (Å²) in [5, 5.41) is 3.43. The molecule has 1 fully saturated rings. The number of nitrogens with zero attached hydrogens (tertiary/aromatic N) is 1. The van der Waals surface area contributed by atoms with Gasteiger partial charge < -0.3 is 15.0 Å². The fourth-order valence-electron chi connectivity index (χ4n) is 3.26. The molecular formula is C21H27N2O. The zero-order valence-corrected chi connectivity index (χ0v) is 14.5. The topological polar surface area (TPSA) is 24.5 Å². The molecule has 127 valence electrons. The summed E-state index contributed by atoms with van der Waals surface area (Å²) < 4.78 is 6.03. The van der Waals surface area contributed by atoms with E-state index in [4.69, 9.17) is 4.74 Å². The maximum Gasteiger partial charge on any atom is 0.124 e. The van der Waals surface area contributed by atoms with Gasteiger partial charge in [0.15, 0.2) is 0 Å². The third kappa shape index (κ3) is 4.75. The van der Waals surface area contributed by atoms with Crippen LogP contribution in [0.3, 0.4) is 0 Å². The second-order valence-corrected chi connectivity index (χ2v) is 6.48. The Balaban J connectivity index is 1.47. The summed E-state index contributed by atoms with van der Waals surface area (Å²) in [7, 11) is 0. The van der Waals surface area contributed by atoms with E-state index in [9.17, 15) is 0 Å². The Labute approximate surface area is 145 Å². The third-order valence-electron chi connectivity index (χ3n) is 4.70. The predicted octanol–water partition coefficient (Wildman–Crippen LogP) is 4.35. The summed E-state index contributed by atoms with van der Waals surface area (Å²) in [6.07, 6.45) is 3.75. The highest BCUT2D eigenvalue weighted by molar-refractivity contribution is 5.44. The first-order valence-electron chi connectivity index (χ1n) is 8.97. The molecule has 1 aliphatic heterocycles. The van der Waals surface area contributed by atoms with Crippen LogP contribution in [0.5, 0.6) is 5.75 Å². The molecule has 1 aliphatic rings. The van der Waals surface area contributed by atoms with Crippen molar-refractivity contribution < 1.29 is 4.74 Å². The van der Waals surface area contributed by atoms with E-state index in [1.54, 1.807) is 0 Å². The molecule has 1 N–H and O–H groups in total. The van der Waals surface area contributed by atoms with E-state index >= 15 is 0 Å². The van der Waals surface area contributed by atoms with Gasteiger partial charge in [-0.15, -0.1) is 0 Å². The van der Waals surface area contributed by atoms with Gasteiger partial charge in [-0.05, 0) is 63.1 Å². The number of para-hydroxylation sites is 1. The van der Waals surface area contributed by atoms with Crippen molar-refractivity contribution in [2.45, 2.75) is 38.8 Å². The lowest BCUT2D eigenvalue weighted by atomic mass is 10.2. The van der Waals surface area contributed by atoms with Crippen molar-refractivity contribution in [3.63, 3.8) is 0 Å². The molecule has 24 heavy (non-hydrogen) atoms. The third-order valence-corrected chi connectivity index (χ3v) is 4.70. The summed E-state index contributed by atoms with van der Waals surface area (Å²) in [6.45, 7) is 6.23. The van der Waals surface area contributed by atoms with Crippen LogP contribution in [0.1, 0.15) is 31.7 Å². The number of hydrogen-bond donors (Lipinski definition) is 1. The van der Waals surface area contributed by atoms with Gasteiger partial charge >= 0.3 is 0 Å². The Kier molecular flexibility index (Phi) is 6.13. The summed E-state index contributed by atoms with van der Waals surface area (Å²) in [5.74, 6) is 0.964. The molecule has 0 bridgehead atoms. The summed E-state index contributed by atoms with van der Waals surface area (Å²) in [6, 6.07) is 20.1. The molecule has 0 aromatic heterocycles. The number of ether oxygens (including phenoxy) is 1. The fourth-order valence-corrected chi connectivity index (χ4v) is 3.26. The van der Waals surface area contributed by atoms with Gasteiger partial charge in [0.2, 0.25) is 0 Å². The second kappa shape index (κ2) is 8.74. The van der Waals surface area contributed by atoms with Crippen LogP contribution in [0, 0.1) is 6.07 Å². The van der Waals surface area contributed by atoms with Gasteiger partial charge in [0.1, 0.15) is 5.75 Å². The van der Waals surface area contributed by atoms with Crippen LogP contribution in [0.25, 0.3) is 0 Å². The first kappa shape index (κ1) is 16.8. The summed E-state index contributed by atoms with van der Waals surface area (Å²) in [4.78, 5) is 2.57. The smallest absolute Gasteiger partial charge is 0.124 e. The molecule has 0 saturated carbocycles. The summed E-state index contributed by atoms with van der Waals surface area (Å²) in [5.41, 5.74) is 2.27. The van der Waals surface area contributed by atoms with E-state index in [0.29, 0.717) is 0 Å². The van der Waals surface area contributed by atoms with Crippen molar-refractivity contribution in [3.8, 4) is 5.75 Å². The molecule has 1 radical (unpaired) electrons. The lowest BCUT2D eigenvalue weighted by Crippen LogP contribution is -2.28. The Morgan fingerprint density at radius 1 is 1.25 bits per heavy atom. The standard InChI is InChI=1S/C21H27N2O/c1-18-9-7-14-23(18)15-8-16-24-21-13-6-5-10-19(21)17-22-20-11-3-2-4-12-20/h2-4,6,10-13,18,22H,7-9,14-17H2,1H3.